The summed E-state index contributed by atoms with van der Waals surface area (Å²) in [6.07, 6.45) is -1.18. The molecular weight excluding hydrogens is 192 g/mol. The third kappa shape index (κ3) is 2.57. The lowest BCUT2D eigenvalue weighted by Crippen LogP contribution is -2.16. The van der Waals surface area contributed by atoms with Gasteiger partial charge in [-0.1, -0.05) is 18.2 Å². The largest absolute Gasteiger partial charge is 0.464 e. The summed E-state index contributed by atoms with van der Waals surface area (Å²) >= 11 is 0. The molecular formula is C12H16O3. The number of ether oxygens (including phenoxy) is 1. The summed E-state index contributed by atoms with van der Waals surface area (Å²) in [6.45, 7) is 5.82. The van der Waals surface area contributed by atoms with Gasteiger partial charge in [-0.05, 0) is 37.5 Å². The molecule has 1 aromatic carbocycles. The van der Waals surface area contributed by atoms with Gasteiger partial charge in [0.2, 0.25) is 0 Å². The summed E-state index contributed by atoms with van der Waals surface area (Å²) in [5.41, 5.74) is 2.60. The maximum absolute atomic E-state index is 11.3. The molecule has 1 rings (SSSR count). The maximum atomic E-state index is 11.3. The van der Waals surface area contributed by atoms with Crippen molar-refractivity contribution in [1.29, 1.82) is 0 Å². The number of aliphatic hydroxyl groups is 1. The molecule has 0 aliphatic rings. The van der Waals surface area contributed by atoms with Crippen molar-refractivity contribution in [3.63, 3.8) is 0 Å². The van der Waals surface area contributed by atoms with Crippen LogP contribution in [0.15, 0.2) is 18.2 Å². The van der Waals surface area contributed by atoms with Gasteiger partial charge in [0.1, 0.15) is 0 Å². The van der Waals surface area contributed by atoms with E-state index in [0.29, 0.717) is 5.56 Å². The molecule has 0 aliphatic carbocycles. The number of hydrogen-bond donors (Lipinski definition) is 1. The highest BCUT2D eigenvalue weighted by molar-refractivity contribution is 5.76. The van der Waals surface area contributed by atoms with E-state index in [4.69, 9.17) is 4.74 Å². The third-order valence-corrected chi connectivity index (χ3v) is 2.45. The first kappa shape index (κ1) is 11.7. The normalized spacial score (nSPS) is 12.3. The van der Waals surface area contributed by atoms with Gasteiger partial charge in [-0.25, -0.2) is 4.79 Å². The van der Waals surface area contributed by atoms with Crippen LogP contribution in [0, 0.1) is 13.8 Å². The first-order valence-electron chi connectivity index (χ1n) is 4.98. The number of carbonyl (C=O) groups is 1. The van der Waals surface area contributed by atoms with Crippen molar-refractivity contribution in [3.8, 4) is 0 Å². The Balaban J connectivity index is 2.96. The van der Waals surface area contributed by atoms with Crippen LogP contribution in [-0.4, -0.2) is 17.7 Å². The second kappa shape index (κ2) is 4.94. The predicted molar refractivity (Wildman–Crippen MR) is 57.5 cm³/mol. The Morgan fingerprint density at radius 2 is 2.13 bits per heavy atom. The van der Waals surface area contributed by atoms with E-state index in [2.05, 4.69) is 0 Å². The molecule has 0 amide bonds. The summed E-state index contributed by atoms with van der Waals surface area (Å²) in [4.78, 5) is 11.3. The van der Waals surface area contributed by atoms with Crippen LogP contribution in [0.1, 0.15) is 29.7 Å². The van der Waals surface area contributed by atoms with Crippen molar-refractivity contribution in [2.24, 2.45) is 0 Å². The first-order valence-corrected chi connectivity index (χ1v) is 4.98. The minimum Gasteiger partial charge on any atom is -0.464 e. The Morgan fingerprint density at radius 1 is 1.47 bits per heavy atom. The molecule has 0 heterocycles. The highest BCUT2D eigenvalue weighted by Crippen LogP contribution is 2.21. The van der Waals surface area contributed by atoms with Crippen LogP contribution >= 0.6 is 0 Å². The van der Waals surface area contributed by atoms with Crippen molar-refractivity contribution in [3.05, 3.63) is 34.9 Å². The van der Waals surface area contributed by atoms with E-state index < -0.39 is 12.1 Å². The first-order chi connectivity index (χ1) is 7.07. The second-order valence-corrected chi connectivity index (χ2v) is 3.44. The number of benzene rings is 1. The van der Waals surface area contributed by atoms with Crippen LogP contribution in [0.4, 0.5) is 0 Å². The molecule has 0 aliphatic heterocycles. The Bertz CT molecular complexity index is 358. The van der Waals surface area contributed by atoms with Gasteiger partial charge >= 0.3 is 5.97 Å². The van der Waals surface area contributed by atoms with Crippen molar-refractivity contribution in [2.45, 2.75) is 26.9 Å². The van der Waals surface area contributed by atoms with Gasteiger partial charge in [0.25, 0.3) is 0 Å². The maximum Gasteiger partial charge on any atom is 0.339 e. The highest BCUT2D eigenvalue weighted by atomic mass is 16.5. The molecule has 0 spiro atoms. The number of hydrogen-bond acceptors (Lipinski definition) is 3. The van der Waals surface area contributed by atoms with Crippen LogP contribution in [0.2, 0.25) is 0 Å². The topological polar surface area (TPSA) is 46.5 Å². The van der Waals surface area contributed by atoms with Gasteiger partial charge in [0.15, 0.2) is 6.10 Å². The van der Waals surface area contributed by atoms with Crippen molar-refractivity contribution >= 4 is 5.97 Å². The molecule has 15 heavy (non-hydrogen) atoms. The van der Waals surface area contributed by atoms with E-state index in [0.717, 1.165) is 11.1 Å². The number of esters is 1. The molecule has 0 bridgehead atoms. The summed E-state index contributed by atoms with van der Waals surface area (Å²) < 4.78 is 4.76. The van der Waals surface area contributed by atoms with Crippen molar-refractivity contribution in [2.75, 3.05) is 6.61 Å². The Labute approximate surface area is 89.7 Å². The molecule has 1 N–H and O–H groups in total. The van der Waals surface area contributed by atoms with Crippen molar-refractivity contribution in [1.82, 2.24) is 0 Å². The monoisotopic (exact) mass is 208 g/mol. The standard InChI is InChI=1S/C12H16O3/c1-4-15-12(14)11(13)10-7-5-6-8(2)9(10)3/h5-7,11,13H,4H2,1-3H3. The lowest BCUT2D eigenvalue weighted by Gasteiger charge is -2.13. The van der Waals surface area contributed by atoms with Gasteiger partial charge in [0.05, 0.1) is 6.61 Å². The van der Waals surface area contributed by atoms with E-state index in [1.807, 2.05) is 26.0 Å². The van der Waals surface area contributed by atoms with E-state index in [1.54, 1.807) is 13.0 Å². The molecule has 1 unspecified atom stereocenters. The molecule has 0 saturated heterocycles. The van der Waals surface area contributed by atoms with Gasteiger partial charge in [0, 0.05) is 0 Å². The number of rotatable bonds is 3. The fraction of sp³-hybridized carbons (Fsp3) is 0.417. The zero-order valence-electron chi connectivity index (χ0n) is 9.28. The second-order valence-electron chi connectivity index (χ2n) is 3.44. The lowest BCUT2D eigenvalue weighted by molar-refractivity contribution is -0.153. The third-order valence-electron chi connectivity index (χ3n) is 2.45. The average molecular weight is 208 g/mol. The van der Waals surface area contributed by atoms with Crippen LogP contribution < -0.4 is 0 Å². The molecule has 3 heteroatoms. The van der Waals surface area contributed by atoms with Crippen molar-refractivity contribution < 1.29 is 14.6 Å². The minimum atomic E-state index is -1.18. The van der Waals surface area contributed by atoms with Crippen LogP contribution in [0.5, 0.6) is 0 Å². The summed E-state index contributed by atoms with van der Waals surface area (Å²) in [6, 6.07) is 5.50. The molecule has 82 valence electrons. The van der Waals surface area contributed by atoms with Crippen LogP contribution in [0.3, 0.4) is 0 Å². The van der Waals surface area contributed by atoms with E-state index in [1.165, 1.54) is 0 Å². The van der Waals surface area contributed by atoms with Gasteiger partial charge in [-0.3, -0.25) is 0 Å². The van der Waals surface area contributed by atoms with E-state index in [9.17, 15) is 9.90 Å². The average Bonchev–Trinajstić information content (AvgIpc) is 2.21. The zero-order valence-corrected chi connectivity index (χ0v) is 9.28. The van der Waals surface area contributed by atoms with Gasteiger partial charge < -0.3 is 9.84 Å². The Hall–Kier alpha value is -1.35. The number of carbonyl (C=O) groups excluding carboxylic acids is 1. The summed E-state index contributed by atoms with van der Waals surface area (Å²) in [7, 11) is 0. The molecule has 0 saturated carbocycles. The number of aryl methyl sites for hydroxylation is 1. The SMILES string of the molecule is CCOC(=O)C(O)c1cccc(C)c1C. The molecule has 1 atom stereocenters. The zero-order chi connectivity index (χ0) is 11.4. The fourth-order valence-corrected chi connectivity index (χ4v) is 1.42. The molecule has 1 aromatic rings. The highest BCUT2D eigenvalue weighted by Gasteiger charge is 2.20. The molecule has 3 nitrogen and oxygen atoms in total. The smallest absolute Gasteiger partial charge is 0.339 e. The number of aliphatic hydroxyl groups excluding tert-OH is 1. The molecule has 0 aromatic heterocycles. The Kier molecular flexibility index (Phi) is 3.86. The van der Waals surface area contributed by atoms with E-state index in [-0.39, 0.29) is 6.61 Å². The minimum absolute atomic E-state index is 0.279. The van der Waals surface area contributed by atoms with Crippen LogP contribution in [-0.2, 0) is 9.53 Å². The fourth-order valence-electron chi connectivity index (χ4n) is 1.42. The summed E-state index contributed by atoms with van der Waals surface area (Å²) in [5, 5.41) is 9.75. The van der Waals surface area contributed by atoms with E-state index >= 15 is 0 Å². The lowest BCUT2D eigenvalue weighted by atomic mass is 9.99. The quantitative estimate of drug-likeness (QED) is 0.772. The van der Waals surface area contributed by atoms with Gasteiger partial charge in [-0.15, -0.1) is 0 Å². The van der Waals surface area contributed by atoms with Gasteiger partial charge in [-0.2, -0.15) is 0 Å². The molecule has 0 radical (unpaired) electrons. The molecule has 0 fully saturated rings. The Morgan fingerprint density at radius 3 is 2.73 bits per heavy atom. The van der Waals surface area contributed by atoms with Crippen LogP contribution in [0.25, 0.3) is 0 Å². The predicted octanol–water partition coefficient (Wildman–Crippen LogP) is 1.90. The summed E-state index contributed by atoms with van der Waals surface area (Å²) in [5.74, 6) is -0.591.